The smallest absolute Gasteiger partial charge is 0.418 e. The number of hydrogen-bond donors (Lipinski definition) is 1. The van der Waals surface area contributed by atoms with Gasteiger partial charge >= 0.3 is 12.1 Å². The first kappa shape index (κ1) is 22.8. The summed E-state index contributed by atoms with van der Waals surface area (Å²) >= 11 is 0. The number of rotatable bonds is 4. The Kier molecular flexibility index (Phi) is 5.84. The van der Waals surface area contributed by atoms with E-state index in [1.165, 1.54) is 18.3 Å². The van der Waals surface area contributed by atoms with Gasteiger partial charge in [0.25, 0.3) is 0 Å². The number of alkyl halides is 3. The molecule has 35 heavy (non-hydrogen) atoms. The number of hydrogen-bond acceptors (Lipinski definition) is 5. The van der Waals surface area contributed by atoms with E-state index in [1.807, 2.05) is 35.2 Å². The van der Waals surface area contributed by atoms with E-state index in [2.05, 4.69) is 9.97 Å². The highest BCUT2D eigenvalue weighted by atomic mass is 19.4. The topological polar surface area (TPSA) is 79.2 Å². The van der Waals surface area contributed by atoms with Crippen molar-refractivity contribution in [2.24, 2.45) is 0 Å². The zero-order valence-corrected chi connectivity index (χ0v) is 18.5. The Morgan fingerprint density at radius 1 is 0.971 bits per heavy atom. The molecule has 178 valence electrons. The third kappa shape index (κ3) is 4.41. The summed E-state index contributed by atoms with van der Waals surface area (Å²) in [5.74, 6) is -0.807. The zero-order valence-electron chi connectivity index (χ0n) is 18.5. The second kappa shape index (κ2) is 8.98. The maximum absolute atomic E-state index is 13.5. The first-order valence-corrected chi connectivity index (χ1v) is 11.2. The number of benzene rings is 2. The molecule has 0 saturated carbocycles. The number of carboxylic acid groups (broad SMARTS) is 1. The molecular weight excluding hydrogens is 457 g/mol. The molecule has 0 atom stereocenters. The number of carbonyl (C=O) groups is 1. The van der Waals surface area contributed by atoms with Gasteiger partial charge in [0.1, 0.15) is 5.82 Å². The lowest BCUT2D eigenvalue weighted by Crippen LogP contribution is -2.34. The second-order valence-corrected chi connectivity index (χ2v) is 8.45. The van der Waals surface area contributed by atoms with Crippen molar-refractivity contribution in [3.05, 3.63) is 83.8 Å². The highest BCUT2D eigenvalue weighted by Gasteiger charge is 2.37. The van der Waals surface area contributed by atoms with Crippen molar-refractivity contribution in [1.82, 2.24) is 15.0 Å². The number of carboxylic acids is 1. The minimum atomic E-state index is -4.44. The van der Waals surface area contributed by atoms with Crippen LogP contribution >= 0.6 is 0 Å². The standard InChI is InChI=1S/C26H21F3N4O2/c27-26(28,29)19-7-4-12-30-23(19)17-10-13-33(14-11-17)21-15-31-20-9-8-18(25(34)35)22(24(20)32-21)16-5-2-1-3-6-16/h1-9,12,15,17H,10-11,13-14H2,(H,34,35). The maximum Gasteiger partial charge on any atom is 0.418 e. The van der Waals surface area contributed by atoms with Crippen molar-refractivity contribution in [3.63, 3.8) is 0 Å². The number of pyridine rings is 1. The average Bonchev–Trinajstić information content (AvgIpc) is 2.87. The number of nitrogens with zero attached hydrogens (tertiary/aromatic N) is 4. The Balaban J connectivity index is 1.47. The molecule has 9 heteroatoms. The molecule has 1 aliphatic rings. The molecule has 0 spiro atoms. The molecular formula is C26H21F3N4O2. The van der Waals surface area contributed by atoms with Crippen LogP contribution in [0.2, 0.25) is 0 Å². The van der Waals surface area contributed by atoms with Crippen molar-refractivity contribution in [2.75, 3.05) is 18.0 Å². The third-order valence-electron chi connectivity index (χ3n) is 6.34. The molecule has 1 saturated heterocycles. The monoisotopic (exact) mass is 478 g/mol. The Hall–Kier alpha value is -4.01. The third-order valence-corrected chi connectivity index (χ3v) is 6.34. The number of aromatic carboxylic acids is 1. The second-order valence-electron chi connectivity index (χ2n) is 8.45. The summed E-state index contributed by atoms with van der Waals surface area (Å²) in [4.78, 5) is 27.3. The van der Waals surface area contributed by atoms with Crippen molar-refractivity contribution in [3.8, 4) is 11.1 Å². The van der Waals surface area contributed by atoms with Gasteiger partial charge in [0.2, 0.25) is 0 Å². The van der Waals surface area contributed by atoms with E-state index in [0.29, 0.717) is 48.3 Å². The molecule has 1 aliphatic heterocycles. The van der Waals surface area contributed by atoms with E-state index in [9.17, 15) is 23.1 Å². The van der Waals surface area contributed by atoms with Gasteiger partial charge in [0, 0.05) is 30.8 Å². The lowest BCUT2D eigenvalue weighted by molar-refractivity contribution is -0.138. The van der Waals surface area contributed by atoms with Gasteiger partial charge in [-0.1, -0.05) is 30.3 Å². The van der Waals surface area contributed by atoms with Crippen LogP contribution in [0.5, 0.6) is 0 Å². The first-order valence-electron chi connectivity index (χ1n) is 11.2. The molecule has 2 aromatic carbocycles. The Morgan fingerprint density at radius 2 is 1.71 bits per heavy atom. The molecule has 5 rings (SSSR count). The molecule has 3 heterocycles. The number of halogens is 3. The summed E-state index contributed by atoms with van der Waals surface area (Å²) in [7, 11) is 0. The van der Waals surface area contributed by atoms with Crippen LogP contribution in [0.25, 0.3) is 22.2 Å². The van der Waals surface area contributed by atoms with E-state index < -0.39 is 17.7 Å². The van der Waals surface area contributed by atoms with Crippen LogP contribution in [0.4, 0.5) is 19.0 Å². The Morgan fingerprint density at radius 3 is 2.40 bits per heavy atom. The fraction of sp³-hybridized carbons (Fsp3) is 0.231. The highest BCUT2D eigenvalue weighted by Crippen LogP contribution is 2.38. The molecule has 1 N–H and O–H groups in total. The lowest BCUT2D eigenvalue weighted by atomic mass is 9.90. The number of fused-ring (bicyclic) bond motifs is 1. The van der Waals surface area contributed by atoms with E-state index in [0.717, 1.165) is 11.6 Å². The number of aromatic nitrogens is 3. The summed E-state index contributed by atoms with van der Waals surface area (Å²) in [6.07, 6.45) is -0.446. The molecule has 6 nitrogen and oxygen atoms in total. The summed E-state index contributed by atoms with van der Waals surface area (Å²) < 4.78 is 40.4. The molecule has 4 aromatic rings. The number of anilines is 1. The van der Waals surface area contributed by atoms with Crippen LogP contribution in [0.3, 0.4) is 0 Å². The van der Waals surface area contributed by atoms with Crippen molar-refractivity contribution < 1.29 is 23.1 Å². The Bertz CT molecular complexity index is 1380. The SMILES string of the molecule is O=C(O)c1ccc2ncc(N3CCC(c4ncccc4C(F)(F)F)CC3)nc2c1-c1ccccc1. The first-order chi connectivity index (χ1) is 16.8. The van der Waals surface area contributed by atoms with Crippen LogP contribution in [0.1, 0.15) is 40.4 Å². The molecule has 0 radical (unpaired) electrons. The highest BCUT2D eigenvalue weighted by molar-refractivity contribution is 6.05. The van der Waals surface area contributed by atoms with Gasteiger partial charge in [-0.15, -0.1) is 0 Å². The van der Waals surface area contributed by atoms with Gasteiger partial charge in [-0.05, 0) is 42.7 Å². The van der Waals surface area contributed by atoms with Crippen LogP contribution < -0.4 is 4.90 Å². The quantitative estimate of drug-likeness (QED) is 0.400. The fourth-order valence-electron chi connectivity index (χ4n) is 4.66. The number of piperidine rings is 1. The minimum Gasteiger partial charge on any atom is -0.478 e. The van der Waals surface area contributed by atoms with Crippen LogP contribution in [-0.2, 0) is 6.18 Å². The van der Waals surface area contributed by atoms with E-state index >= 15 is 0 Å². The zero-order chi connectivity index (χ0) is 24.6. The van der Waals surface area contributed by atoms with Crippen molar-refractivity contribution in [2.45, 2.75) is 24.9 Å². The van der Waals surface area contributed by atoms with Gasteiger partial charge in [-0.3, -0.25) is 9.97 Å². The van der Waals surface area contributed by atoms with E-state index in [-0.39, 0.29) is 17.2 Å². The van der Waals surface area contributed by atoms with Gasteiger partial charge in [-0.25, -0.2) is 9.78 Å². The average molecular weight is 478 g/mol. The summed E-state index contributed by atoms with van der Waals surface area (Å²) in [5, 5.41) is 9.78. The minimum absolute atomic E-state index is 0.0849. The lowest BCUT2D eigenvalue weighted by Gasteiger charge is -2.33. The van der Waals surface area contributed by atoms with Crippen LogP contribution in [0.15, 0.2) is 67.0 Å². The van der Waals surface area contributed by atoms with Gasteiger partial charge in [0.05, 0.1) is 34.1 Å². The predicted octanol–water partition coefficient (Wildman–Crippen LogP) is 5.79. The summed E-state index contributed by atoms with van der Waals surface area (Å²) in [6.45, 7) is 0.968. The van der Waals surface area contributed by atoms with E-state index in [4.69, 9.17) is 4.98 Å². The van der Waals surface area contributed by atoms with E-state index in [1.54, 1.807) is 12.3 Å². The van der Waals surface area contributed by atoms with Crippen molar-refractivity contribution >= 4 is 22.8 Å². The van der Waals surface area contributed by atoms with Crippen LogP contribution in [-0.4, -0.2) is 39.1 Å². The molecule has 0 bridgehead atoms. The normalized spacial score (nSPS) is 14.9. The largest absolute Gasteiger partial charge is 0.478 e. The molecule has 2 aromatic heterocycles. The van der Waals surface area contributed by atoms with Crippen LogP contribution in [0, 0.1) is 0 Å². The molecule has 0 unspecified atom stereocenters. The predicted molar refractivity (Wildman–Crippen MR) is 125 cm³/mol. The van der Waals surface area contributed by atoms with Crippen molar-refractivity contribution in [1.29, 1.82) is 0 Å². The van der Waals surface area contributed by atoms with Gasteiger partial charge in [0.15, 0.2) is 0 Å². The van der Waals surface area contributed by atoms with Gasteiger partial charge < -0.3 is 10.0 Å². The molecule has 1 fully saturated rings. The molecule has 0 aliphatic carbocycles. The maximum atomic E-state index is 13.5. The summed E-state index contributed by atoms with van der Waals surface area (Å²) in [6, 6.07) is 14.7. The molecule has 0 amide bonds. The Labute approximate surface area is 199 Å². The fourth-order valence-corrected chi connectivity index (χ4v) is 4.66. The van der Waals surface area contributed by atoms with Gasteiger partial charge in [-0.2, -0.15) is 13.2 Å². The summed E-state index contributed by atoms with van der Waals surface area (Å²) in [5.41, 5.74) is 1.78.